The third kappa shape index (κ3) is 5.81. The fourth-order valence-corrected chi connectivity index (χ4v) is 2.20. The summed E-state index contributed by atoms with van der Waals surface area (Å²) in [5.41, 5.74) is 1.18. The molecule has 21 heavy (non-hydrogen) atoms. The Balaban J connectivity index is 2.51. The van der Waals surface area contributed by atoms with Crippen molar-refractivity contribution in [2.75, 3.05) is 7.05 Å². The lowest BCUT2D eigenvalue weighted by Crippen LogP contribution is -2.42. The molecule has 1 unspecified atom stereocenters. The molecule has 1 aromatic carbocycles. The lowest BCUT2D eigenvalue weighted by molar-refractivity contribution is -0.149. The number of nitrogens with zero attached hydrogens (tertiary/aromatic N) is 1. The van der Waals surface area contributed by atoms with Gasteiger partial charge in [0.1, 0.15) is 6.04 Å². The molecule has 0 aliphatic carbocycles. The van der Waals surface area contributed by atoms with Gasteiger partial charge in [-0.2, -0.15) is 0 Å². The first kappa shape index (κ1) is 17.0. The van der Waals surface area contributed by atoms with Gasteiger partial charge in [0.2, 0.25) is 5.91 Å². The fourth-order valence-electron chi connectivity index (χ4n) is 2.20. The van der Waals surface area contributed by atoms with Gasteiger partial charge in [-0.15, -0.1) is 6.58 Å². The Morgan fingerprint density at radius 2 is 2.00 bits per heavy atom. The second kappa shape index (κ2) is 8.95. The Morgan fingerprint density at radius 3 is 2.57 bits per heavy atom. The van der Waals surface area contributed by atoms with Crippen LogP contribution in [0.2, 0.25) is 0 Å². The Kier molecular flexibility index (Phi) is 7.23. The minimum Gasteiger partial charge on any atom is -0.480 e. The molecular weight excluding hydrogens is 266 g/mol. The molecule has 0 fully saturated rings. The van der Waals surface area contributed by atoms with Crippen LogP contribution >= 0.6 is 0 Å². The lowest BCUT2D eigenvalue weighted by Gasteiger charge is -2.24. The normalized spacial score (nSPS) is 11.7. The number of benzene rings is 1. The van der Waals surface area contributed by atoms with Gasteiger partial charge in [0.25, 0.3) is 0 Å². The highest BCUT2D eigenvalue weighted by atomic mass is 16.4. The van der Waals surface area contributed by atoms with Crippen molar-refractivity contribution in [1.82, 2.24) is 4.90 Å². The minimum absolute atomic E-state index is 0.151. The lowest BCUT2D eigenvalue weighted by atomic mass is 10.0. The molecule has 1 rings (SSSR count). The summed E-state index contributed by atoms with van der Waals surface area (Å²) in [4.78, 5) is 24.6. The number of aryl methyl sites for hydroxylation is 1. The molecule has 1 atom stereocenters. The third-order valence-electron chi connectivity index (χ3n) is 3.49. The number of hydrogen-bond donors (Lipinski definition) is 1. The van der Waals surface area contributed by atoms with Crippen LogP contribution in [0.1, 0.15) is 31.2 Å². The maximum atomic E-state index is 11.9. The third-order valence-corrected chi connectivity index (χ3v) is 3.49. The number of carbonyl (C=O) groups excluding carboxylic acids is 1. The van der Waals surface area contributed by atoms with Crippen LogP contribution in [-0.4, -0.2) is 35.0 Å². The number of rotatable bonds is 9. The Hall–Kier alpha value is -2.10. The number of aliphatic carboxylic acids is 1. The van der Waals surface area contributed by atoms with E-state index in [-0.39, 0.29) is 5.91 Å². The number of amides is 1. The molecule has 0 heterocycles. The van der Waals surface area contributed by atoms with Crippen LogP contribution in [-0.2, 0) is 16.0 Å². The van der Waals surface area contributed by atoms with E-state index < -0.39 is 12.0 Å². The molecule has 114 valence electrons. The quantitative estimate of drug-likeness (QED) is 0.711. The van der Waals surface area contributed by atoms with Crippen molar-refractivity contribution in [3.05, 3.63) is 48.6 Å². The van der Waals surface area contributed by atoms with E-state index in [1.807, 2.05) is 30.3 Å². The number of carboxylic acid groups (broad SMARTS) is 1. The maximum Gasteiger partial charge on any atom is 0.326 e. The summed E-state index contributed by atoms with van der Waals surface area (Å²) in [6.07, 6.45) is 4.55. The highest BCUT2D eigenvalue weighted by molar-refractivity contribution is 5.83. The number of allylic oxidation sites excluding steroid dienone is 1. The molecule has 4 heteroatoms. The average molecular weight is 289 g/mol. The van der Waals surface area contributed by atoms with Crippen LogP contribution in [0.3, 0.4) is 0 Å². The van der Waals surface area contributed by atoms with Crippen LogP contribution < -0.4 is 0 Å². The van der Waals surface area contributed by atoms with E-state index in [0.29, 0.717) is 19.3 Å². The molecule has 0 spiro atoms. The van der Waals surface area contributed by atoms with Gasteiger partial charge in [0.15, 0.2) is 0 Å². The van der Waals surface area contributed by atoms with Crippen molar-refractivity contribution >= 4 is 11.9 Å². The summed E-state index contributed by atoms with van der Waals surface area (Å²) < 4.78 is 0. The predicted molar refractivity (Wildman–Crippen MR) is 83.0 cm³/mol. The van der Waals surface area contributed by atoms with Crippen molar-refractivity contribution in [2.24, 2.45) is 0 Å². The zero-order chi connectivity index (χ0) is 15.7. The summed E-state index contributed by atoms with van der Waals surface area (Å²) in [5, 5.41) is 9.30. The van der Waals surface area contributed by atoms with Crippen LogP contribution in [0.25, 0.3) is 0 Å². The summed E-state index contributed by atoms with van der Waals surface area (Å²) in [7, 11) is 1.56. The highest BCUT2D eigenvalue weighted by Crippen LogP contribution is 2.12. The van der Waals surface area contributed by atoms with Crippen molar-refractivity contribution in [3.63, 3.8) is 0 Å². The molecule has 4 nitrogen and oxygen atoms in total. The van der Waals surface area contributed by atoms with Gasteiger partial charge in [0, 0.05) is 13.5 Å². The summed E-state index contributed by atoms with van der Waals surface area (Å²) in [6, 6.07) is 9.18. The molecule has 1 amide bonds. The highest BCUT2D eigenvalue weighted by Gasteiger charge is 2.25. The second-order valence-corrected chi connectivity index (χ2v) is 5.06. The van der Waals surface area contributed by atoms with E-state index >= 15 is 0 Å². The Morgan fingerprint density at radius 1 is 1.33 bits per heavy atom. The SMILES string of the molecule is C=CCCC(=O)N(C)C(CCCc1ccccc1)C(=O)O. The number of carbonyl (C=O) groups is 2. The zero-order valence-electron chi connectivity index (χ0n) is 12.5. The Labute approximate surface area is 126 Å². The standard InChI is InChI=1S/C17H23NO3/c1-3-4-13-16(19)18(2)15(17(20)21)12-8-11-14-9-6-5-7-10-14/h3,5-7,9-10,15H,1,4,8,11-13H2,2H3,(H,20,21). The molecule has 0 radical (unpaired) electrons. The number of hydrogen-bond acceptors (Lipinski definition) is 2. The fraction of sp³-hybridized carbons (Fsp3) is 0.412. The zero-order valence-corrected chi connectivity index (χ0v) is 12.5. The average Bonchev–Trinajstić information content (AvgIpc) is 2.49. The van der Waals surface area contributed by atoms with Crippen LogP contribution in [0.4, 0.5) is 0 Å². The number of likely N-dealkylation sites (N-methyl/N-ethyl adjacent to an activating group) is 1. The van der Waals surface area contributed by atoms with E-state index in [0.717, 1.165) is 12.8 Å². The monoisotopic (exact) mass is 289 g/mol. The van der Waals surface area contributed by atoms with Crippen molar-refractivity contribution in [1.29, 1.82) is 0 Å². The van der Waals surface area contributed by atoms with Crippen molar-refractivity contribution < 1.29 is 14.7 Å². The molecule has 0 saturated carbocycles. The second-order valence-electron chi connectivity index (χ2n) is 5.06. The van der Waals surface area contributed by atoms with Gasteiger partial charge >= 0.3 is 5.97 Å². The minimum atomic E-state index is -0.947. The van der Waals surface area contributed by atoms with Crippen molar-refractivity contribution in [2.45, 2.75) is 38.1 Å². The number of carboxylic acids is 1. The van der Waals surface area contributed by atoms with Gasteiger partial charge < -0.3 is 10.0 Å². The summed E-state index contributed by atoms with van der Waals surface area (Å²) >= 11 is 0. The van der Waals surface area contributed by atoms with Gasteiger partial charge in [-0.1, -0.05) is 36.4 Å². The maximum absolute atomic E-state index is 11.9. The van der Waals surface area contributed by atoms with Crippen LogP contribution in [0.5, 0.6) is 0 Å². The first-order chi connectivity index (χ1) is 10.1. The molecular formula is C17H23NO3. The largest absolute Gasteiger partial charge is 0.480 e. The molecule has 0 aromatic heterocycles. The van der Waals surface area contributed by atoms with Gasteiger partial charge in [0.05, 0.1) is 0 Å². The van der Waals surface area contributed by atoms with Gasteiger partial charge in [-0.25, -0.2) is 4.79 Å². The molecule has 1 aromatic rings. The van der Waals surface area contributed by atoms with E-state index in [2.05, 4.69) is 6.58 Å². The smallest absolute Gasteiger partial charge is 0.326 e. The van der Waals surface area contributed by atoms with E-state index in [4.69, 9.17) is 0 Å². The first-order valence-corrected chi connectivity index (χ1v) is 7.19. The molecule has 0 saturated heterocycles. The predicted octanol–water partition coefficient (Wildman–Crippen LogP) is 2.89. The molecule has 0 aliphatic heterocycles. The van der Waals surface area contributed by atoms with E-state index in [1.165, 1.54) is 10.5 Å². The van der Waals surface area contributed by atoms with E-state index in [1.54, 1.807) is 13.1 Å². The summed E-state index contributed by atoms with van der Waals surface area (Å²) in [5.74, 6) is -1.10. The van der Waals surface area contributed by atoms with E-state index in [9.17, 15) is 14.7 Å². The van der Waals surface area contributed by atoms with Gasteiger partial charge in [-0.05, 0) is 31.2 Å². The molecule has 1 N–H and O–H groups in total. The van der Waals surface area contributed by atoms with Crippen LogP contribution in [0.15, 0.2) is 43.0 Å². The van der Waals surface area contributed by atoms with Crippen molar-refractivity contribution in [3.8, 4) is 0 Å². The molecule has 0 bridgehead atoms. The Bertz CT molecular complexity index is 470. The topological polar surface area (TPSA) is 57.6 Å². The van der Waals surface area contributed by atoms with Gasteiger partial charge in [-0.3, -0.25) is 4.79 Å². The van der Waals surface area contributed by atoms with Crippen LogP contribution in [0, 0.1) is 0 Å². The molecule has 0 aliphatic rings. The summed E-state index contributed by atoms with van der Waals surface area (Å²) in [6.45, 7) is 3.57. The first-order valence-electron chi connectivity index (χ1n) is 7.19.